The van der Waals surface area contributed by atoms with Crippen LogP contribution in [0.1, 0.15) is 25.3 Å². The van der Waals surface area contributed by atoms with Gasteiger partial charge in [-0.1, -0.05) is 13.3 Å². The highest BCUT2D eigenvalue weighted by molar-refractivity contribution is 5.74. The molecule has 0 spiro atoms. The van der Waals surface area contributed by atoms with Gasteiger partial charge in [0, 0.05) is 0 Å². The molecular weight excluding hydrogens is 206 g/mol. The van der Waals surface area contributed by atoms with E-state index in [0.717, 1.165) is 18.4 Å². The van der Waals surface area contributed by atoms with Crippen LogP contribution in [0.3, 0.4) is 0 Å². The van der Waals surface area contributed by atoms with Crippen LogP contribution in [-0.2, 0) is 9.63 Å². The summed E-state index contributed by atoms with van der Waals surface area (Å²) >= 11 is 0. The van der Waals surface area contributed by atoms with E-state index in [1.54, 1.807) is 12.1 Å². The molecule has 0 heterocycles. The van der Waals surface area contributed by atoms with Gasteiger partial charge in [0.1, 0.15) is 5.75 Å². The molecule has 88 valence electrons. The molecule has 0 saturated carbocycles. The third-order valence-electron chi connectivity index (χ3n) is 2.24. The number of anilines is 1. The predicted octanol–water partition coefficient (Wildman–Crippen LogP) is 2.40. The first-order chi connectivity index (χ1) is 7.69. The lowest BCUT2D eigenvalue weighted by atomic mass is 10.2. The number of nitrogens with zero attached hydrogens (tertiary/aromatic N) is 1. The van der Waals surface area contributed by atoms with E-state index in [2.05, 4.69) is 6.92 Å². The number of hydroxylamine groups is 1. The third kappa shape index (κ3) is 3.24. The number of phenols is 1. The van der Waals surface area contributed by atoms with Crippen LogP contribution in [0.5, 0.6) is 5.75 Å². The molecule has 0 aliphatic carbocycles. The van der Waals surface area contributed by atoms with Crippen molar-refractivity contribution in [3.05, 3.63) is 23.8 Å². The van der Waals surface area contributed by atoms with Crippen LogP contribution in [0, 0.1) is 6.92 Å². The smallest absolute Gasteiger partial charge is 0.238 e. The number of hydrogen-bond donors (Lipinski definition) is 1. The molecule has 1 amide bonds. The monoisotopic (exact) mass is 223 g/mol. The predicted molar refractivity (Wildman–Crippen MR) is 62.2 cm³/mol. The second-order valence-corrected chi connectivity index (χ2v) is 3.59. The fourth-order valence-electron chi connectivity index (χ4n) is 1.35. The van der Waals surface area contributed by atoms with Gasteiger partial charge in [0.05, 0.1) is 12.3 Å². The highest BCUT2D eigenvalue weighted by atomic mass is 16.7. The fourth-order valence-corrected chi connectivity index (χ4v) is 1.35. The molecule has 1 aromatic carbocycles. The van der Waals surface area contributed by atoms with Crippen LogP contribution in [0.25, 0.3) is 0 Å². The maximum Gasteiger partial charge on any atom is 0.238 e. The van der Waals surface area contributed by atoms with Gasteiger partial charge in [-0.3, -0.25) is 9.63 Å². The summed E-state index contributed by atoms with van der Waals surface area (Å²) in [5.41, 5.74) is 1.45. The van der Waals surface area contributed by atoms with Crippen molar-refractivity contribution in [1.29, 1.82) is 0 Å². The molecule has 1 aromatic rings. The fraction of sp³-hybridized carbons (Fsp3) is 0.417. The molecule has 0 aromatic heterocycles. The van der Waals surface area contributed by atoms with E-state index in [1.807, 2.05) is 6.92 Å². The Kier molecular flexibility index (Phi) is 4.79. The third-order valence-corrected chi connectivity index (χ3v) is 2.24. The lowest BCUT2D eigenvalue weighted by Gasteiger charge is -2.18. The Bertz CT molecular complexity index is 352. The maximum absolute atomic E-state index is 10.9. The molecule has 16 heavy (non-hydrogen) atoms. The Hall–Kier alpha value is -1.55. The van der Waals surface area contributed by atoms with Crippen molar-refractivity contribution in [3.63, 3.8) is 0 Å². The summed E-state index contributed by atoms with van der Waals surface area (Å²) in [5, 5.41) is 10.5. The summed E-state index contributed by atoms with van der Waals surface area (Å²) in [5.74, 6) is 0.181. The van der Waals surface area contributed by atoms with Gasteiger partial charge in [0.15, 0.2) is 0 Å². The summed E-state index contributed by atoms with van der Waals surface area (Å²) in [6.45, 7) is 4.38. The van der Waals surface area contributed by atoms with Crippen molar-refractivity contribution in [2.75, 3.05) is 11.7 Å². The van der Waals surface area contributed by atoms with Crippen molar-refractivity contribution >= 4 is 12.1 Å². The highest BCUT2D eigenvalue weighted by Crippen LogP contribution is 2.23. The largest absolute Gasteiger partial charge is 0.508 e. The molecule has 1 N–H and O–H groups in total. The van der Waals surface area contributed by atoms with Crippen LogP contribution in [-0.4, -0.2) is 18.1 Å². The molecule has 0 fully saturated rings. The van der Waals surface area contributed by atoms with Crippen LogP contribution < -0.4 is 5.06 Å². The zero-order valence-electron chi connectivity index (χ0n) is 9.64. The Morgan fingerprint density at radius 2 is 2.25 bits per heavy atom. The van der Waals surface area contributed by atoms with Gasteiger partial charge in [-0.25, -0.2) is 0 Å². The normalized spacial score (nSPS) is 10.1. The molecule has 0 aliphatic rings. The molecule has 0 radical (unpaired) electrons. The second kappa shape index (κ2) is 6.12. The first-order valence-electron chi connectivity index (χ1n) is 5.36. The zero-order chi connectivity index (χ0) is 12.0. The minimum Gasteiger partial charge on any atom is -0.508 e. The molecular formula is C12H17NO3. The Labute approximate surface area is 95.4 Å². The first kappa shape index (κ1) is 12.5. The molecule has 0 atom stereocenters. The quantitative estimate of drug-likeness (QED) is 0.457. The molecule has 4 heteroatoms. The first-order valence-corrected chi connectivity index (χ1v) is 5.36. The molecule has 0 unspecified atom stereocenters. The van der Waals surface area contributed by atoms with Gasteiger partial charge in [-0.05, 0) is 37.1 Å². The van der Waals surface area contributed by atoms with Crippen LogP contribution >= 0.6 is 0 Å². The van der Waals surface area contributed by atoms with E-state index in [9.17, 15) is 9.90 Å². The molecule has 0 saturated heterocycles. The number of rotatable bonds is 6. The lowest BCUT2D eigenvalue weighted by molar-refractivity contribution is -0.114. The number of carbonyl (C=O) groups is 1. The van der Waals surface area contributed by atoms with E-state index in [0.29, 0.717) is 18.7 Å². The van der Waals surface area contributed by atoms with Crippen molar-refractivity contribution in [1.82, 2.24) is 0 Å². The van der Waals surface area contributed by atoms with Gasteiger partial charge in [0.2, 0.25) is 6.41 Å². The van der Waals surface area contributed by atoms with Gasteiger partial charge in [-0.2, -0.15) is 5.06 Å². The number of phenolic OH excluding ortho intramolecular Hbond substituents is 1. The summed E-state index contributed by atoms with van der Waals surface area (Å²) in [6.07, 6.45) is 2.55. The van der Waals surface area contributed by atoms with E-state index in [4.69, 9.17) is 4.84 Å². The minimum atomic E-state index is 0.181. The number of carbonyl (C=O) groups excluding carboxylic acids is 1. The summed E-state index contributed by atoms with van der Waals surface area (Å²) in [4.78, 5) is 16.2. The Morgan fingerprint density at radius 3 is 2.81 bits per heavy atom. The summed E-state index contributed by atoms with van der Waals surface area (Å²) in [7, 11) is 0. The van der Waals surface area contributed by atoms with Gasteiger partial charge < -0.3 is 5.11 Å². The van der Waals surface area contributed by atoms with Gasteiger partial charge in [-0.15, -0.1) is 0 Å². The van der Waals surface area contributed by atoms with E-state index < -0.39 is 0 Å². The number of aromatic hydroxyl groups is 1. The maximum atomic E-state index is 10.9. The number of benzene rings is 1. The summed E-state index contributed by atoms with van der Waals surface area (Å²) < 4.78 is 0. The van der Waals surface area contributed by atoms with Crippen LogP contribution in [0.4, 0.5) is 5.69 Å². The SMILES string of the molecule is CCCCON(C=O)c1ccc(O)cc1C. The standard InChI is InChI=1S/C12H17NO3/c1-3-4-7-16-13(9-14)12-6-5-11(15)8-10(12)2/h5-6,8-9,15H,3-4,7H2,1-2H3. The van der Waals surface area contributed by atoms with Crippen LogP contribution in [0.15, 0.2) is 18.2 Å². The van der Waals surface area contributed by atoms with Crippen LogP contribution in [0.2, 0.25) is 0 Å². The number of amides is 1. The topological polar surface area (TPSA) is 49.8 Å². The van der Waals surface area contributed by atoms with Gasteiger partial charge in [0.25, 0.3) is 0 Å². The van der Waals surface area contributed by atoms with Crippen molar-refractivity contribution in [2.45, 2.75) is 26.7 Å². The van der Waals surface area contributed by atoms with E-state index >= 15 is 0 Å². The summed E-state index contributed by atoms with van der Waals surface area (Å²) in [6, 6.07) is 4.78. The van der Waals surface area contributed by atoms with E-state index in [-0.39, 0.29) is 5.75 Å². The average Bonchev–Trinajstić information content (AvgIpc) is 2.26. The minimum absolute atomic E-state index is 0.181. The zero-order valence-corrected chi connectivity index (χ0v) is 9.64. The molecule has 0 bridgehead atoms. The second-order valence-electron chi connectivity index (χ2n) is 3.59. The number of hydrogen-bond acceptors (Lipinski definition) is 3. The molecule has 4 nitrogen and oxygen atoms in total. The highest BCUT2D eigenvalue weighted by Gasteiger charge is 2.09. The average molecular weight is 223 g/mol. The van der Waals surface area contributed by atoms with Crippen molar-refractivity contribution in [2.24, 2.45) is 0 Å². The number of aryl methyl sites for hydroxylation is 1. The molecule has 0 aliphatic heterocycles. The number of unbranched alkanes of at least 4 members (excludes halogenated alkanes) is 1. The Balaban J connectivity index is 2.74. The molecule has 1 rings (SSSR count). The lowest BCUT2D eigenvalue weighted by Crippen LogP contribution is -2.22. The Morgan fingerprint density at radius 1 is 1.50 bits per heavy atom. The van der Waals surface area contributed by atoms with Crippen molar-refractivity contribution in [3.8, 4) is 5.75 Å². The van der Waals surface area contributed by atoms with E-state index in [1.165, 1.54) is 11.1 Å². The van der Waals surface area contributed by atoms with Crippen molar-refractivity contribution < 1.29 is 14.7 Å². The van der Waals surface area contributed by atoms with Gasteiger partial charge >= 0.3 is 0 Å².